The van der Waals surface area contributed by atoms with Crippen LogP contribution in [0.1, 0.15) is 75.9 Å². The summed E-state index contributed by atoms with van der Waals surface area (Å²) in [4.78, 5) is 10.1. The number of imidazole rings is 1. The Bertz CT molecular complexity index is 1240. The van der Waals surface area contributed by atoms with Gasteiger partial charge in [0.15, 0.2) is 0 Å². The summed E-state index contributed by atoms with van der Waals surface area (Å²) in [5.41, 5.74) is 6.90. The Kier molecular flexibility index (Phi) is 4.64. The molecular formula is C25H30FN3. The summed E-state index contributed by atoms with van der Waals surface area (Å²) >= 11 is 0. The van der Waals surface area contributed by atoms with Gasteiger partial charge < -0.3 is 0 Å². The minimum Gasteiger partial charge on any atom is -0.279 e. The second kappa shape index (κ2) is 6.79. The molecule has 0 bridgehead atoms. The summed E-state index contributed by atoms with van der Waals surface area (Å²) in [6.07, 6.45) is 1.92. The SMILES string of the molecule is CCC(CC)c1cc(F)cc2nc(C(C)(C)C)n3c4cc(C)c(C)cc4nc3c12. The molecule has 0 atom stereocenters. The maximum absolute atomic E-state index is 14.6. The second-order valence-corrected chi connectivity index (χ2v) is 9.28. The number of aryl methyl sites for hydroxylation is 2. The van der Waals surface area contributed by atoms with E-state index in [4.69, 9.17) is 9.97 Å². The zero-order valence-electron chi connectivity index (χ0n) is 18.5. The van der Waals surface area contributed by atoms with Crippen LogP contribution in [0.5, 0.6) is 0 Å². The quantitative estimate of drug-likeness (QED) is 0.376. The monoisotopic (exact) mass is 391 g/mol. The first-order valence-corrected chi connectivity index (χ1v) is 10.6. The van der Waals surface area contributed by atoms with Crippen molar-refractivity contribution in [2.75, 3.05) is 0 Å². The van der Waals surface area contributed by atoms with Crippen LogP contribution in [0.3, 0.4) is 0 Å². The molecule has 0 N–H and O–H groups in total. The Morgan fingerprint density at radius 1 is 0.931 bits per heavy atom. The van der Waals surface area contributed by atoms with E-state index in [1.165, 1.54) is 11.1 Å². The van der Waals surface area contributed by atoms with E-state index in [2.05, 4.69) is 65.0 Å². The summed E-state index contributed by atoms with van der Waals surface area (Å²) in [5.74, 6) is 0.966. The first-order valence-electron chi connectivity index (χ1n) is 10.6. The average Bonchev–Trinajstić information content (AvgIpc) is 2.99. The summed E-state index contributed by atoms with van der Waals surface area (Å²) in [7, 11) is 0. The molecule has 2 aromatic carbocycles. The number of benzene rings is 2. The van der Waals surface area contributed by atoms with Gasteiger partial charge in [0.05, 0.1) is 16.6 Å². The Morgan fingerprint density at radius 3 is 2.21 bits per heavy atom. The maximum Gasteiger partial charge on any atom is 0.149 e. The first-order chi connectivity index (χ1) is 13.7. The fourth-order valence-corrected chi connectivity index (χ4v) is 4.38. The highest BCUT2D eigenvalue weighted by atomic mass is 19.1. The van der Waals surface area contributed by atoms with Gasteiger partial charge in [-0.2, -0.15) is 0 Å². The van der Waals surface area contributed by atoms with Crippen molar-refractivity contribution < 1.29 is 4.39 Å². The summed E-state index contributed by atoms with van der Waals surface area (Å²) in [5, 5.41) is 0.986. The molecule has 4 rings (SSSR count). The van der Waals surface area contributed by atoms with Gasteiger partial charge in [-0.3, -0.25) is 4.40 Å². The number of rotatable bonds is 3. The van der Waals surface area contributed by atoms with Crippen molar-refractivity contribution in [2.45, 2.75) is 72.6 Å². The van der Waals surface area contributed by atoms with Crippen LogP contribution in [0.25, 0.3) is 27.6 Å². The molecule has 0 aliphatic rings. The third-order valence-electron chi connectivity index (χ3n) is 6.14. The highest BCUT2D eigenvalue weighted by molar-refractivity contribution is 5.99. The van der Waals surface area contributed by atoms with Gasteiger partial charge in [-0.25, -0.2) is 14.4 Å². The molecule has 0 saturated carbocycles. The van der Waals surface area contributed by atoms with Gasteiger partial charge in [0.1, 0.15) is 17.3 Å². The van der Waals surface area contributed by atoms with E-state index < -0.39 is 0 Å². The molecule has 2 aromatic heterocycles. The van der Waals surface area contributed by atoms with Crippen LogP contribution in [0.4, 0.5) is 4.39 Å². The standard InChI is InChI=1S/C25H30FN3/c1-8-16(9-2)18-12-17(26)13-20-22(18)23-27-19-10-14(3)15(4)11-21(19)29(23)24(28-20)25(5,6)7/h10-13,16H,8-9H2,1-7H3. The normalized spacial score (nSPS) is 12.7. The number of halogens is 1. The minimum atomic E-state index is -0.223. The van der Waals surface area contributed by atoms with Gasteiger partial charge in [-0.05, 0) is 67.5 Å². The zero-order valence-corrected chi connectivity index (χ0v) is 18.5. The van der Waals surface area contributed by atoms with Crippen LogP contribution in [-0.4, -0.2) is 14.4 Å². The molecule has 0 unspecified atom stereocenters. The lowest BCUT2D eigenvalue weighted by molar-refractivity contribution is 0.541. The summed E-state index contributed by atoms with van der Waals surface area (Å²) < 4.78 is 16.8. The van der Waals surface area contributed by atoms with Crippen LogP contribution in [-0.2, 0) is 5.41 Å². The summed E-state index contributed by atoms with van der Waals surface area (Å²) in [6, 6.07) is 7.60. The van der Waals surface area contributed by atoms with Crippen LogP contribution >= 0.6 is 0 Å². The van der Waals surface area contributed by atoms with E-state index in [9.17, 15) is 4.39 Å². The van der Waals surface area contributed by atoms with E-state index in [0.29, 0.717) is 5.52 Å². The van der Waals surface area contributed by atoms with Crippen LogP contribution in [0, 0.1) is 19.7 Å². The molecule has 0 amide bonds. The van der Waals surface area contributed by atoms with E-state index in [-0.39, 0.29) is 17.2 Å². The van der Waals surface area contributed by atoms with Crippen LogP contribution < -0.4 is 0 Å². The van der Waals surface area contributed by atoms with E-state index >= 15 is 0 Å². The van der Waals surface area contributed by atoms with Crippen molar-refractivity contribution in [1.29, 1.82) is 0 Å². The molecule has 4 heteroatoms. The smallest absolute Gasteiger partial charge is 0.149 e. The van der Waals surface area contributed by atoms with E-state index in [1.807, 2.05) is 0 Å². The molecule has 3 nitrogen and oxygen atoms in total. The predicted octanol–water partition coefficient (Wildman–Crippen LogP) is 6.99. The van der Waals surface area contributed by atoms with Gasteiger partial charge >= 0.3 is 0 Å². The number of aromatic nitrogens is 3. The van der Waals surface area contributed by atoms with Gasteiger partial charge in [-0.15, -0.1) is 0 Å². The first kappa shape index (κ1) is 19.8. The molecular weight excluding hydrogens is 361 g/mol. The summed E-state index contributed by atoms with van der Waals surface area (Å²) in [6.45, 7) is 15.0. The lowest BCUT2D eigenvalue weighted by Crippen LogP contribution is -2.19. The molecule has 152 valence electrons. The van der Waals surface area contributed by atoms with E-state index in [0.717, 1.165) is 46.3 Å². The fourth-order valence-electron chi connectivity index (χ4n) is 4.38. The van der Waals surface area contributed by atoms with E-state index in [1.54, 1.807) is 12.1 Å². The molecule has 0 fully saturated rings. The Balaban J connectivity index is 2.29. The molecule has 0 spiro atoms. The van der Waals surface area contributed by atoms with Crippen molar-refractivity contribution in [3.63, 3.8) is 0 Å². The molecule has 0 aliphatic carbocycles. The average molecular weight is 392 g/mol. The largest absolute Gasteiger partial charge is 0.279 e. The number of fused-ring (bicyclic) bond motifs is 5. The lowest BCUT2D eigenvalue weighted by atomic mass is 9.90. The van der Waals surface area contributed by atoms with Crippen LogP contribution in [0.2, 0.25) is 0 Å². The third kappa shape index (κ3) is 3.09. The Morgan fingerprint density at radius 2 is 1.59 bits per heavy atom. The minimum absolute atomic E-state index is 0.208. The Labute approximate surface area is 172 Å². The zero-order chi connectivity index (χ0) is 21.1. The van der Waals surface area contributed by atoms with Crippen molar-refractivity contribution in [1.82, 2.24) is 14.4 Å². The van der Waals surface area contributed by atoms with Crippen molar-refractivity contribution in [3.05, 3.63) is 52.6 Å². The van der Waals surface area contributed by atoms with Gasteiger partial charge in [0, 0.05) is 16.9 Å². The lowest BCUT2D eigenvalue weighted by Gasteiger charge is -2.23. The fraction of sp³-hybridized carbons (Fsp3) is 0.440. The molecule has 0 aliphatic heterocycles. The van der Waals surface area contributed by atoms with Gasteiger partial charge in [0.2, 0.25) is 0 Å². The predicted molar refractivity (Wildman–Crippen MR) is 119 cm³/mol. The third-order valence-corrected chi connectivity index (χ3v) is 6.14. The number of hydrogen-bond acceptors (Lipinski definition) is 2. The maximum atomic E-state index is 14.6. The Hall–Kier alpha value is -2.49. The van der Waals surface area contributed by atoms with Crippen LogP contribution in [0.15, 0.2) is 24.3 Å². The van der Waals surface area contributed by atoms with Crippen molar-refractivity contribution in [3.8, 4) is 0 Å². The highest BCUT2D eigenvalue weighted by Gasteiger charge is 2.26. The van der Waals surface area contributed by atoms with Gasteiger partial charge in [-0.1, -0.05) is 34.6 Å². The molecule has 4 aromatic rings. The van der Waals surface area contributed by atoms with Gasteiger partial charge in [0.25, 0.3) is 0 Å². The molecule has 29 heavy (non-hydrogen) atoms. The number of hydrogen-bond donors (Lipinski definition) is 0. The molecule has 0 saturated heterocycles. The molecule has 0 radical (unpaired) electrons. The molecule has 2 heterocycles. The van der Waals surface area contributed by atoms with Crippen molar-refractivity contribution in [2.24, 2.45) is 0 Å². The second-order valence-electron chi connectivity index (χ2n) is 9.28. The van der Waals surface area contributed by atoms with Crippen molar-refractivity contribution >= 4 is 27.6 Å². The topological polar surface area (TPSA) is 30.2 Å². The number of nitrogens with zero attached hydrogens (tertiary/aromatic N) is 3. The highest BCUT2D eigenvalue weighted by Crippen LogP contribution is 2.37.